The first-order valence-electron chi connectivity index (χ1n) is 22.8. The second kappa shape index (κ2) is 42.9. The molecular weight excluding hydrogens is 666 g/mol. The number of carbonyl (C=O) groups excluding carboxylic acids is 3. The minimum Gasteiger partial charge on any atom is -0.468 e. The smallest absolute Gasteiger partial charge is 0.468 e. The molecule has 0 saturated heterocycles. The summed E-state index contributed by atoms with van der Waals surface area (Å²) >= 11 is 0. The Morgan fingerprint density at radius 3 is 1.34 bits per heavy atom. The van der Waals surface area contributed by atoms with Crippen LogP contribution in [0.25, 0.3) is 0 Å². The van der Waals surface area contributed by atoms with E-state index in [1.165, 1.54) is 109 Å². The van der Waals surface area contributed by atoms with E-state index in [1.807, 2.05) is 0 Å². The Kier molecular flexibility index (Phi) is 41.4. The quantitative estimate of drug-likeness (QED) is 0.0263. The number of hydrogen-bond acceptors (Lipinski definition) is 8. The maximum absolute atomic E-state index is 12.7. The fraction of sp³-hybridized carbons (Fsp3) is 0.933. The van der Waals surface area contributed by atoms with E-state index in [1.54, 1.807) is 0 Å². The van der Waals surface area contributed by atoms with Crippen molar-refractivity contribution in [2.75, 3.05) is 39.5 Å². The molecule has 8 nitrogen and oxygen atoms in total. The van der Waals surface area contributed by atoms with Gasteiger partial charge in [0.25, 0.3) is 6.47 Å². The van der Waals surface area contributed by atoms with Crippen LogP contribution in [0.4, 0.5) is 4.79 Å². The van der Waals surface area contributed by atoms with Gasteiger partial charge in [-0.2, -0.15) is 0 Å². The molecule has 0 radical (unpaired) electrons. The molecule has 0 saturated carbocycles. The predicted molar refractivity (Wildman–Crippen MR) is 220 cm³/mol. The third kappa shape index (κ3) is 39.7. The molecule has 0 unspecified atom stereocenters. The number of nitrogens with zero attached hydrogens (tertiary/aromatic N) is 1. The molecule has 0 aliphatic rings. The van der Waals surface area contributed by atoms with Gasteiger partial charge in [0.2, 0.25) is 0 Å². The monoisotopic (exact) mass is 754 g/mol. The predicted octanol–water partition coefficient (Wildman–Crippen LogP) is 13.1. The van der Waals surface area contributed by atoms with Crippen molar-refractivity contribution in [1.29, 1.82) is 0 Å². The fourth-order valence-electron chi connectivity index (χ4n) is 6.90. The Labute approximate surface area is 327 Å². The topological polar surface area (TPSA) is 91.4 Å². The largest absolute Gasteiger partial charge is 0.508 e. The third-order valence-corrected chi connectivity index (χ3v) is 10.3. The minimum atomic E-state index is -0.536. The third-order valence-electron chi connectivity index (χ3n) is 10.3. The number of esters is 1. The molecule has 0 aliphatic carbocycles. The SMILES string of the molecule is CCCCCCCCCOC(=O)OCCCCCCN(CCCCCCCC(=O)OC(CCCCCCCC)CCCCCCCC)CCCOC=O. The van der Waals surface area contributed by atoms with E-state index in [0.29, 0.717) is 32.7 Å². The highest BCUT2D eigenvalue weighted by Crippen LogP contribution is 2.18. The Morgan fingerprint density at radius 2 is 0.868 bits per heavy atom. The molecule has 53 heavy (non-hydrogen) atoms. The molecule has 0 rings (SSSR count). The van der Waals surface area contributed by atoms with Crippen molar-refractivity contribution in [1.82, 2.24) is 4.90 Å². The van der Waals surface area contributed by atoms with Gasteiger partial charge >= 0.3 is 12.1 Å². The van der Waals surface area contributed by atoms with Gasteiger partial charge < -0.3 is 23.8 Å². The van der Waals surface area contributed by atoms with Crippen LogP contribution in [-0.2, 0) is 28.5 Å². The van der Waals surface area contributed by atoms with Gasteiger partial charge in [0, 0.05) is 13.0 Å². The van der Waals surface area contributed by atoms with Gasteiger partial charge in [-0.05, 0) is 77.3 Å². The second-order valence-electron chi connectivity index (χ2n) is 15.4. The Morgan fingerprint density at radius 1 is 0.472 bits per heavy atom. The van der Waals surface area contributed by atoms with Crippen molar-refractivity contribution in [3.63, 3.8) is 0 Å². The number of carbonyl (C=O) groups is 3. The van der Waals surface area contributed by atoms with Gasteiger partial charge in [-0.3, -0.25) is 9.59 Å². The van der Waals surface area contributed by atoms with Gasteiger partial charge in [-0.1, -0.05) is 156 Å². The van der Waals surface area contributed by atoms with Crippen LogP contribution in [0.3, 0.4) is 0 Å². The van der Waals surface area contributed by atoms with Crippen LogP contribution in [0, 0.1) is 0 Å². The van der Waals surface area contributed by atoms with Crippen LogP contribution in [0.2, 0.25) is 0 Å². The molecule has 8 heteroatoms. The first-order valence-corrected chi connectivity index (χ1v) is 22.8. The van der Waals surface area contributed by atoms with Gasteiger partial charge in [0.1, 0.15) is 6.10 Å². The highest BCUT2D eigenvalue weighted by molar-refractivity contribution is 5.69. The van der Waals surface area contributed by atoms with E-state index in [4.69, 9.17) is 18.9 Å². The van der Waals surface area contributed by atoms with Crippen molar-refractivity contribution in [2.45, 2.75) is 232 Å². The van der Waals surface area contributed by atoms with Crippen molar-refractivity contribution in [2.24, 2.45) is 0 Å². The summed E-state index contributed by atoms with van der Waals surface area (Å²) < 4.78 is 21.4. The lowest BCUT2D eigenvalue weighted by Crippen LogP contribution is -2.28. The van der Waals surface area contributed by atoms with E-state index in [-0.39, 0.29) is 12.1 Å². The first-order chi connectivity index (χ1) is 26.1. The minimum absolute atomic E-state index is 0.000909. The van der Waals surface area contributed by atoms with Crippen molar-refractivity contribution in [3.8, 4) is 0 Å². The van der Waals surface area contributed by atoms with Gasteiger partial charge in [0.15, 0.2) is 0 Å². The Bertz CT molecular complexity index is 764. The highest BCUT2D eigenvalue weighted by Gasteiger charge is 2.14. The number of hydrogen-bond donors (Lipinski definition) is 0. The zero-order chi connectivity index (χ0) is 38.7. The normalized spacial score (nSPS) is 11.3. The summed E-state index contributed by atoms with van der Waals surface area (Å²) in [4.78, 5) is 37.6. The molecule has 0 fully saturated rings. The maximum Gasteiger partial charge on any atom is 0.508 e. The van der Waals surface area contributed by atoms with E-state index in [0.717, 1.165) is 110 Å². The molecule has 0 aromatic rings. The summed E-state index contributed by atoms with van der Waals surface area (Å²) in [5, 5.41) is 0. The number of ether oxygens (including phenoxy) is 4. The highest BCUT2D eigenvalue weighted by atomic mass is 16.7. The summed E-state index contributed by atoms with van der Waals surface area (Å²) in [5.41, 5.74) is 0. The zero-order valence-corrected chi connectivity index (χ0v) is 35.3. The van der Waals surface area contributed by atoms with Crippen LogP contribution in [0.5, 0.6) is 0 Å². The summed E-state index contributed by atoms with van der Waals surface area (Å²) in [5.74, 6) is 0.000909. The lowest BCUT2D eigenvalue weighted by Gasteiger charge is -2.22. The molecule has 0 bridgehead atoms. The van der Waals surface area contributed by atoms with E-state index >= 15 is 0 Å². The fourth-order valence-corrected chi connectivity index (χ4v) is 6.90. The van der Waals surface area contributed by atoms with E-state index in [2.05, 4.69) is 25.7 Å². The van der Waals surface area contributed by atoms with E-state index in [9.17, 15) is 14.4 Å². The van der Waals surface area contributed by atoms with Crippen LogP contribution in [0.15, 0.2) is 0 Å². The summed E-state index contributed by atoms with van der Waals surface area (Å²) in [6.45, 7) is 11.6. The van der Waals surface area contributed by atoms with Crippen LogP contribution >= 0.6 is 0 Å². The van der Waals surface area contributed by atoms with Crippen molar-refractivity contribution >= 4 is 18.6 Å². The van der Waals surface area contributed by atoms with Gasteiger partial charge in [0.05, 0.1) is 19.8 Å². The zero-order valence-electron chi connectivity index (χ0n) is 35.3. The standard InChI is InChI=1S/C45H87NO7/c1-4-7-10-13-16-23-30-40-51-45(49)52-41-31-24-22-29-37-46(38-32-39-50-42-47)36-28-21-17-20-27-35-44(48)53-43(33-25-18-14-11-8-5-2)34-26-19-15-12-9-6-3/h42-43H,4-41H2,1-3H3. The molecule has 0 aromatic carbocycles. The average Bonchev–Trinajstić information content (AvgIpc) is 3.15. The van der Waals surface area contributed by atoms with Crippen LogP contribution < -0.4 is 0 Å². The molecule has 0 spiro atoms. The van der Waals surface area contributed by atoms with Gasteiger partial charge in [-0.25, -0.2) is 4.79 Å². The molecule has 0 amide bonds. The second-order valence-corrected chi connectivity index (χ2v) is 15.4. The molecule has 0 atom stereocenters. The molecule has 314 valence electrons. The molecular formula is C45H87NO7. The molecule has 0 aliphatic heterocycles. The number of rotatable bonds is 43. The van der Waals surface area contributed by atoms with Crippen LogP contribution in [-0.4, -0.2) is 69.1 Å². The summed E-state index contributed by atoms with van der Waals surface area (Å²) in [6.07, 6.45) is 36.1. The maximum atomic E-state index is 12.7. The van der Waals surface area contributed by atoms with Crippen molar-refractivity contribution < 1.29 is 33.3 Å². The van der Waals surface area contributed by atoms with Crippen LogP contribution in [0.1, 0.15) is 226 Å². The summed E-state index contributed by atoms with van der Waals surface area (Å²) in [7, 11) is 0. The van der Waals surface area contributed by atoms with E-state index < -0.39 is 6.16 Å². The first kappa shape index (κ1) is 51.2. The lowest BCUT2D eigenvalue weighted by molar-refractivity contribution is -0.150. The van der Waals surface area contributed by atoms with Crippen molar-refractivity contribution in [3.05, 3.63) is 0 Å². The molecule has 0 heterocycles. The summed E-state index contributed by atoms with van der Waals surface area (Å²) in [6, 6.07) is 0. The van der Waals surface area contributed by atoms with Gasteiger partial charge in [-0.15, -0.1) is 0 Å². The number of unbranched alkanes of at least 4 members (excludes halogenated alkanes) is 23. The lowest BCUT2D eigenvalue weighted by atomic mass is 10.0. The Balaban J connectivity index is 4.16. The Hall–Kier alpha value is -1.83. The average molecular weight is 754 g/mol. The molecule has 0 N–H and O–H groups in total. The molecule has 0 aromatic heterocycles.